The molecule has 0 radical (unpaired) electrons. The molecule has 2 N–H and O–H groups in total. The molecule has 0 amide bonds. The van der Waals surface area contributed by atoms with Crippen LogP contribution in [0.1, 0.15) is 34.4 Å². The van der Waals surface area contributed by atoms with Gasteiger partial charge in [-0.25, -0.2) is 18.5 Å². The molecule has 1 aliphatic carbocycles. The first-order valence-electron chi connectivity index (χ1n) is 9.53. The highest BCUT2D eigenvalue weighted by Gasteiger charge is 2.24. The fraction of sp³-hybridized carbons (Fsp3) is 0.400. The van der Waals surface area contributed by atoms with Crippen LogP contribution in [-0.4, -0.2) is 29.5 Å². The molecule has 0 bridgehead atoms. The summed E-state index contributed by atoms with van der Waals surface area (Å²) in [5, 5.41) is 6.45. The lowest BCUT2D eigenvalue weighted by atomic mass is 10.1. The number of sulfonamides is 1. The van der Waals surface area contributed by atoms with E-state index in [9.17, 15) is 13.2 Å². The Hall–Kier alpha value is -1.68. The van der Waals surface area contributed by atoms with Crippen molar-refractivity contribution in [1.82, 2.24) is 9.55 Å². The van der Waals surface area contributed by atoms with Crippen LogP contribution in [-0.2, 0) is 22.9 Å². The van der Waals surface area contributed by atoms with Crippen LogP contribution in [0, 0.1) is 13.8 Å². The molecule has 0 aliphatic heterocycles. The molecule has 4 rings (SSSR count). The van der Waals surface area contributed by atoms with Crippen molar-refractivity contribution < 1.29 is 8.42 Å². The number of nitrogens with zero attached hydrogens (tertiary/aromatic N) is 2. The molecule has 3 aromatic rings. The molecular formula is C20H23N3O3S3. The smallest absolute Gasteiger partial charge is 0.267 e. The number of hydrogen-bond donors (Lipinski definition) is 1. The number of fused-ring (bicyclic) bond motifs is 3. The third kappa shape index (κ3) is 4.14. The fourth-order valence-corrected chi connectivity index (χ4v) is 6.79. The fourth-order valence-electron chi connectivity index (χ4n) is 3.81. The van der Waals surface area contributed by atoms with Crippen molar-refractivity contribution in [3.05, 3.63) is 50.1 Å². The molecule has 0 fully saturated rings. The summed E-state index contributed by atoms with van der Waals surface area (Å²) in [6.07, 6.45) is 3.44. The highest BCUT2D eigenvalue weighted by atomic mass is 32.2. The molecule has 0 unspecified atom stereocenters. The topological polar surface area (TPSA) is 95.1 Å². The van der Waals surface area contributed by atoms with Gasteiger partial charge in [0.25, 0.3) is 5.56 Å². The van der Waals surface area contributed by atoms with E-state index < -0.39 is 10.0 Å². The van der Waals surface area contributed by atoms with E-state index in [2.05, 4.69) is 6.07 Å². The molecule has 1 aromatic carbocycles. The monoisotopic (exact) mass is 449 g/mol. The second kappa shape index (κ2) is 7.86. The third-order valence-electron chi connectivity index (χ3n) is 5.11. The van der Waals surface area contributed by atoms with E-state index in [4.69, 9.17) is 10.1 Å². The number of thioether (sulfide) groups is 1. The van der Waals surface area contributed by atoms with E-state index >= 15 is 0 Å². The predicted octanol–water partition coefficient (Wildman–Crippen LogP) is 3.32. The zero-order chi connectivity index (χ0) is 20.8. The Bertz CT molecular complexity index is 1260. The molecule has 1 aliphatic rings. The number of nitrogens with two attached hydrogens (primary N) is 1. The van der Waals surface area contributed by atoms with Crippen LogP contribution >= 0.6 is 23.1 Å². The van der Waals surface area contributed by atoms with Gasteiger partial charge >= 0.3 is 0 Å². The molecule has 0 saturated carbocycles. The van der Waals surface area contributed by atoms with Crippen LogP contribution in [0.15, 0.2) is 28.2 Å². The zero-order valence-corrected chi connectivity index (χ0v) is 18.8. The average Bonchev–Trinajstić information content (AvgIpc) is 3.20. The number of hydrogen-bond acceptors (Lipinski definition) is 6. The second-order valence-electron chi connectivity index (χ2n) is 7.43. The van der Waals surface area contributed by atoms with Crippen LogP contribution in [0.5, 0.6) is 0 Å². The van der Waals surface area contributed by atoms with E-state index in [0.29, 0.717) is 17.3 Å². The molecule has 2 aromatic heterocycles. The van der Waals surface area contributed by atoms with Crippen LogP contribution in [0.4, 0.5) is 0 Å². The minimum atomic E-state index is -3.49. The Morgan fingerprint density at radius 3 is 2.79 bits per heavy atom. The van der Waals surface area contributed by atoms with Crippen molar-refractivity contribution in [2.45, 2.75) is 44.7 Å². The predicted molar refractivity (Wildman–Crippen MR) is 120 cm³/mol. The maximum Gasteiger partial charge on any atom is 0.267 e. The largest absolute Gasteiger partial charge is 0.268 e. The van der Waals surface area contributed by atoms with Crippen molar-refractivity contribution >= 4 is 43.3 Å². The second-order valence-corrected chi connectivity index (χ2v) is 11.3. The first-order chi connectivity index (χ1) is 13.7. The average molecular weight is 450 g/mol. The van der Waals surface area contributed by atoms with Crippen molar-refractivity contribution in [2.75, 3.05) is 11.5 Å². The van der Waals surface area contributed by atoms with E-state index in [0.717, 1.165) is 51.9 Å². The summed E-state index contributed by atoms with van der Waals surface area (Å²) in [6.45, 7) is 4.02. The molecular weight excluding hydrogens is 426 g/mol. The van der Waals surface area contributed by atoms with Gasteiger partial charge in [-0.15, -0.1) is 11.3 Å². The van der Waals surface area contributed by atoms with Gasteiger partial charge in [-0.3, -0.25) is 9.36 Å². The summed E-state index contributed by atoms with van der Waals surface area (Å²) in [7, 11) is -3.49. The van der Waals surface area contributed by atoms with Gasteiger partial charge in [0, 0.05) is 10.6 Å². The van der Waals surface area contributed by atoms with Gasteiger partial charge in [-0.05, 0) is 56.7 Å². The summed E-state index contributed by atoms with van der Waals surface area (Å²) in [5.41, 5.74) is 4.09. The van der Waals surface area contributed by atoms with E-state index in [-0.39, 0.29) is 11.3 Å². The Kier molecular flexibility index (Phi) is 5.58. The molecule has 6 nitrogen and oxygen atoms in total. The molecule has 29 heavy (non-hydrogen) atoms. The van der Waals surface area contributed by atoms with Gasteiger partial charge in [0.2, 0.25) is 10.0 Å². The van der Waals surface area contributed by atoms with E-state index in [1.165, 1.54) is 16.6 Å². The van der Waals surface area contributed by atoms with Gasteiger partial charge in [0.05, 0.1) is 16.8 Å². The standard InChI is InChI=1S/C20H23N3O3S3/c1-12-7-8-15(13(2)11-12)23-19(24)17-14-5-3-6-16(14)28-18(17)22-20(23)27-9-4-10-29(21,25)26/h7-8,11H,3-6,9-10H2,1-2H3,(H2,21,25,26). The summed E-state index contributed by atoms with van der Waals surface area (Å²) in [4.78, 5) is 20.5. The highest BCUT2D eigenvalue weighted by Crippen LogP contribution is 2.36. The summed E-state index contributed by atoms with van der Waals surface area (Å²) >= 11 is 3.02. The molecule has 2 heterocycles. The Morgan fingerprint density at radius 1 is 1.28 bits per heavy atom. The number of aromatic nitrogens is 2. The van der Waals surface area contributed by atoms with Crippen LogP contribution in [0.25, 0.3) is 15.9 Å². The molecule has 0 atom stereocenters. The number of primary sulfonamides is 1. The first-order valence-corrected chi connectivity index (χ1v) is 13.0. The first kappa shape index (κ1) is 20.6. The maximum absolute atomic E-state index is 13.6. The number of thiophene rings is 1. The van der Waals surface area contributed by atoms with Crippen molar-refractivity contribution in [1.29, 1.82) is 0 Å². The Balaban J connectivity index is 1.83. The van der Waals surface area contributed by atoms with Gasteiger partial charge in [-0.2, -0.15) is 0 Å². The Morgan fingerprint density at radius 2 is 2.07 bits per heavy atom. The van der Waals surface area contributed by atoms with Crippen molar-refractivity contribution in [2.24, 2.45) is 5.14 Å². The molecule has 9 heteroatoms. The maximum atomic E-state index is 13.6. The lowest BCUT2D eigenvalue weighted by Gasteiger charge is -2.15. The zero-order valence-electron chi connectivity index (χ0n) is 16.4. The SMILES string of the molecule is Cc1ccc(-n2c(SCCCS(N)(=O)=O)nc3sc4c(c3c2=O)CCC4)c(C)c1. The van der Waals surface area contributed by atoms with Crippen LogP contribution in [0.3, 0.4) is 0 Å². The van der Waals surface area contributed by atoms with Crippen LogP contribution < -0.4 is 10.7 Å². The number of rotatable bonds is 6. The van der Waals surface area contributed by atoms with Gasteiger partial charge in [0.15, 0.2) is 5.16 Å². The quantitative estimate of drug-likeness (QED) is 0.354. The summed E-state index contributed by atoms with van der Waals surface area (Å²) in [6, 6.07) is 6.01. The minimum Gasteiger partial charge on any atom is -0.268 e. The number of aryl methyl sites for hydroxylation is 4. The van der Waals surface area contributed by atoms with Crippen molar-refractivity contribution in [3.63, 3.8) is 0 Å². The summed E-state index contributed by atoms with van der Waals surface area (Å²) in [5.74, 6) is 0.438. The van der Waals surface area contributed by atoms with Crippen LogP contribution in [0.2, 0.25) is 0 Å². The highest BCUT2D eigenvalue weighted by molar-refractivity contribution is 7.99. The van der Waals surface area contributed by atoms with Crippen molar-refractivity contribution in [3.8, 4) is 5.69 Å². The lowest BCUT2D eigenvalue weighted by molar-refractivity contribution is 0.596. The summed E-state index contributed by atoms with van der Waals surface area (Å²) < 4.78 is 24.1. The molecule has 0 saturated heterocycles. The minimum absolute atomic E-state index is 0.0321. The lowest BCUT2D eigenvalue weighted by Crippen LogP contribution is -2.23. The van der Waals surface area contributed by atoms with Gasteiger partial charge < -0.3 is 0 Å². The van der Waals surface area contributed by atoms with E-state index in [1.807, 2.05) is 26.0 Å². The number of benzene rings is 1. The Labute approximate surface area is 178 Å². The van der Waals surface area contributed by atoms with Gasteiger partial charge in [-0.1, -0.05) is 29.5 Å². The normalized spacial score (nSPS) is 13.9. The molecule has 0 spiro atoms. The van der Waals surface area contributed by atoms with Gasteiger partial charge in [0.1, 0.15) is 4.83 Å². The van der Waals surface area contributed by atoms with E-state index in [1.54, 1.807) is 15.9 Å². The molecule has 154 valence electrons. The third-order valence-corrected chi connectivity index (χ3v) is 8.17.